The highest BCUT2D eigenvalue weighted by Crippen LogP contribution is 2.26. The lowest BCUT2D eigenvalue weighted by Gasteiger charge is -2.31. The van der Waals surface area contributed by atoms with Crippen LogP contribution in [0.2, 0.25) is 0 Å². The van der Waals surface area contributed by atoms with Crippen LogP contribution in [-0.2, 0) is 21.2 Å². The molecule has 0 aliphatic heterocycles. The molecule has 0 spiro atoms. The molecule has 0 saturated heterocycles. The summed E-state index contributed by atoms with van der Waals surface area (Å²) >= 11 is 0. The van der Waals surface area contributed by atoms with Crippen LogP contribution < -0.4 is 9.62 Å². The van der Waals surface area contributed by atoms with E-state index in [4.69, 9.17) is 0 Å². The molecule has 0 radical (unpaired) electrons. The quantitative estimate of drug-likeness (QED) is 0.457. The Bertz CT molecular complexity index is 979. The van der Waals surface area contributed by atoms with E-state index < -0.39 is 26.9 Å². The first kappa shape index (κ1) is 23.3. The van der Waals surface area contributed by atoms with E-state index in [9.17, 15) is 23.3 Å². The summed E-state index contributed by atoms with van der Waals surface area (Å²) in [4.78, 5) is 23.4. The van der Waals surface area contributed by atoms with Crippen molar-refractivity contribution in [2.75, 3.05) is 10.6 Å². The first-order valence-electron chi connectivity index (χ1n) is 9.71. The standard InChI is InChI=1S/C21H27N3O5S/c1-4-20(21(25)22-16(2)13-14-17-9-6-5-7-10-17)23(30(3,28)29)18-11-8-12-19(15-18)24(26)27/h5-12,15-16,20H,4,13-14H2,1-3H3,(H,22,25)/t16-,20+/m1/s1. The van der Waals surface area contributed by atoms with Crippen LogP contribution in [0.1, 0.15) is 32.3 Å². The van der Waals surface area contributed by atoms with Crippen LogP contribution in [0.3, 0.4) is 0 Å². The molecule has 0 saturated carbocycles. The highest BCUT2D eigenvalue weighted by Gasteiger charge is 2.32. The minimum Gasteiger partial charge on any atom is -0.352 e. The van der Waals surface area contributed by atoms with Crippen LogP contribution in [-0.4, -0.2) is 37.6 Å². The van der Waals surface area contributed by atoms with Gasteiger partial charge in [0.2, 0.25) is 15.9 Å². The summed E-state index contributed by atoms with van der Waals surface area (Å²) in [5, 5.41) is 14.0. The van der Waals surface area contributed by atoms with Crippen molar-refractivity contribution in [1.82, 2.24) is 5.32 Å². The van der Waals surface area contributed by atoms with Crippen LogP contribution in [0.5, 0.6) is 0 Å². The van der Waals surface area contributed by atoms with Gasteiger partial charge >= 0.3 is 0 Å². The minimum atomic E-state index is -3.86. The number of anilines is 1. The Morgan fingerprint density at radius 2 is 1.83 bits per heavy atom. The van der Waals surface area contributed by atoms with E-state index in [1.807, 2.05) is 37.3 Å². The van der Waals surface area contributed by atoms with Gasteiger partial charge in [-0.2, -0.15) is 0 Å². The number of nitrogens with zero attached hydrogens (tertiary/aromatic N) is 2. The molecule has 1 amide bonds. The highest BCUT2D eigenvalue weighted by molar-refractivity contribution is 7.92. The van der Waals surface area contributed by atoms with Gasteiger partial charge in [-0.1, -0.05) is 43.3 Å². The third kappa shape index (κ3) is 6.28. The number of aryl methyl sites for hydroxylation is 1. The number of sulfonamides is 1. The van der Waals surface area contributed by atoms with E-state index in [2.05, 4.69) is 5.32 Å². The van der Waals surface area contributed by atoms with Crippen molar-refractivity contribution in [2.24, 2.45) is 0 Å². The highest BCUT2D eigenvalue weighted by atomic mass is 32.2. The number of nitrogens with one attached hydrogen (secondary N) is 1. The topological polar surface area (TPSA) is 110 Å². The maximum Gasteiger partial charge on any atom is 0.271 e. The number of nitro benzene ring substituents is 1. The molecule has 0 heterocycles. The van der Waals surface area contributed by atoms with E-state index in [0.29, 0.717) is 6.42 Å². The average molecular weight is 434 g/mol. The van der Waals surface area contributed by atoms with Crippen molar-refractivity contribution >= 4 is 27.3 Å². The Kier molecular flexibility index (Phi) is 7.93. The molecule has 0 aromatic heterocycles. The van der Waals surface area contributed by atoms with Gasteiger partial charge in [-0.05, 0) is 37.8 Å². The van der Waals surface area contributed by atoms with Gasteiger partial charge in [0.25, 0.3) is 5.69 Å². The van der Waals surface area contributed by atoms with Gasteiger partial charge in [0.1, 0.15) is 6.04 Å². The minimum absolute atomic E-state index is 0.0886. The molecule has 8 nitrogen and oxygen atoms in total. The van der Waals surface area contributed by atoms with Crippen LogP contribution in [0.4, 0.5) is 11.4 Å². The summed E-state index contributed by atoms with van der Waals surface area (Å²) < 4.78 is 25.9. The van der Waals surface area contributed by atoms with Crippen molar-refractivity contribution in [3.8, 4) is 0 Å². The van der Waals surface area contributed by atoms with Crippen molar-refractivity contribution in [3.05, 3.63) is 70.3 Å². The summed E-state index contributed by atoms with van der Waals surface area (Å²) in [6, 6.07) is 14.0. The largest absolute Gasteiger partial charge is 0.352 e. The number of hydrogen-bond acceptors (Lipinski definition) is 5. The van der Waals surface area contributed by atoms with Crippen molar-refractivity contribution < 1.29 is 18.1 Å². The molecule has 2 aromatic rings. The van der Waals surface area contributed by atoms with Crippen LogP contribution in [0.15, 0.2) is 54.6 Å². The summed E-state index contributed by atoms with van der Waals surface area (Å²) in [6.45, 7) is 3.57. The first-order valence-corrected chi connectivity index (χ1v) is 11.6. The molecule has 162 valence electrons. The van der Waals surface area contributed by atoms with E-state index >= 15 is 0 Å². The number of carbonyl (C=O) groups excluding carboxylic acids is 1. The maximum atomic E-state index is 12.9. The molecule has 0 aliphatic carbocycles. The van der Waals surface area contributed by atoms with Crippen LogP contribution in [0.25, 0.3) is 0 Å². The van der Waals surface area contributed by atoms with Gasteiger partial charge < -0.3 is 5.32 Å². The zero-order valence-corrected chi connectivity index (χ0v) is 18.1. The van der Waals surface area contributed by atoms with Crippen LogP contribution >= 0.6 is 0 Å². The van der Waals surface area contributed by atoms with E-state index in [-0.39, 0.29) is 23.8 Å². The number of hydrogen-bond donors (Lipinski definition) is 1. The number of rotatable bonds is 10. The molecule has 9 heteroatoms. The lowest BCUT2D eigenvalue weighted by molar-refractivity contribution is -0.384. The van der Waals surface area contributed by atoms with E-state index in [1.54, 1.807) is 6.92 Å². The number of carbonyl (C=O) groups is 1. The molecule has 2 aromatic carbocycles. The summed E-state index contributed by atoms with van der Waals surface area (Å²) in [7, 11) is -3.86. The third-order valence-corrected chi connectivity index (χ3v) is 5.90. The number of benzene rings is 2. The lowest BCUT2D eigenvalue weighted by Crippen LogP contribution is -2.51. The Hall–Kier alpha value is -2.94. The van der Waals surface area contributed by atoms with Gasteiger partial charge in [-0.15, -0.1) is 0 Å². The summed E-state index contributed by atoms with van der Waals surface area (Å²) in [6.07, 6.45) is 2.68. The molecule has 0 fully saturated rings. The fourth-order valence-electron chi connectivity index (χ4n) is 3.24. The molecular formula is C21H27N3O5S. The van der Waals surface area contributed by atoms with Crippen molar-refractivity contribution in [2.45, 2.75) is 45.2 Å². The summed E-state index contributed by atoms with van der Waals surface area (Å²) in [5.41, 5.74) is 0.998. The smallest absolute Gasteiger partial charge is 0.271 e. The second-order valence-corrected chi connectivity index (χ2v) is 9.05. The van der Waals surface area contributed by atoms with Crippen molar-refractivity contribution in [1.29, 1.82) is 0 Å². The Morgan fingerprint density at radius 3 is 2.40 bits per heavy atom. The Balaban J connectivity index is 2.19. The van der Waals surface area contributed by atoms with Gasteiger partial charge in [-0.3, -0.25) is 19.2 Å². The first-order chi connectivity index (χ1) is 14.1. The zero-order valence-electron chi connectivity index (χ0n) is 17.3. The predicted octanol–water partition coefficient (Wildman–Crippen LogP) is 3.28. The molecule has 0 aliphatic rings. The zero-order chi connectivity index (χ0) is 22.3. The second kappa shape index (κ2) is 10.2. The maximum absolute atomic E-state index is 12.9. The fourth-order valence-corrected chi connectivity index (χ4v) is 4.45. The van der Waals surface area contributed by atoms with Gasteiger partial charge in [-0.25, -0.2) is 8.42 Å². The SMILES string of the molecule is CC[C@@H](C(=O)N[C@H](C)CCc1ccccc1)N(c1cccc([N+](=O)[O-])c1)S(C)(=O)=O. The monoisotopic (exact) mass is 433 g/mol. The Morgan fingerprint density at radius 1 is 1.17 bits per heavy atom. The molecule has 0 unspecified atom stereocenters. The molecular weight excluding hydrogens is 406 g/mol. The molecule has 2 atom stereocenters. The van der Waals surface area contributed by atoms with Gasteiger partial charge in [0.05, 0.1) is 16.9 Å². The molecule has 0 bridgehead atoms. The predicted molar refractivity (Wildman–Crippen MR) is 117 cm³/mol. The normalized spacial score (nSPS) is 13.3. The van der Waals surface area contributed by atoms with Crippen LogP contribution in [0, 0.1) is 10.1 Å². The molecule has 30 heavy (non-hydrogen) atoms. The van der Waals surface area contributed by atoms with Gasteiger partial charge in [0, 0.05) is 18.2 Å². The summed E-state index contributed by atoms with van der Waals surface area (Å²) in [5.74, 6) is -0.435. The third-order valence-electron chi connectivity index (χ3n) is 4.72. The molecule has 2 rings (SSSR count). The Labute approximate surface area is 177 Å². The number of nitro groups is 1. The van der Waals surface area contributed by atoms with E-state index in [1.165, 1.54) is 18.2 Å². The average Bonchev–Trinajstić information content (AvgIpc) is 2.70. The lowest BCUT2D eigenvalue weighted by atomic mass is 10.1. The van der Waals surface area contributed by atoms with Crippen molar-refractivity contribution in [3.63, 3.8) is 0 Å². The fraction of sp³-hybridized carbons (Fsp3) is 0.381. The second-order valence-electron chi connectivity index (χ2n) is 7.19. The molecule has 1 N–H and O–H groups in total. The number of amides is 1. The van der Waals surface area contributed by atoms with E-state index in [0.717, 1.165) is 28.6 Å². The van der Waals surface area contributed by atoms with Gasteiger partial charge in [0.15, 0.2) is 0 Å². The number of non-ortho nitro benzene ring substituents is 1.